The van der Waals surface area contributed by atoms with Crippen LogP contribution in [0.1, 0.15) is 31.4 Å². The third-order valence-electron chi connectivity index (χ3n) is 4.09. The summed E-state index contributed by atoms with van der Waals surface area (Å²) in [7, 11) is 1.66. The number of rotatable bonds is 6. The van der Waals surface area contributed by atoms with Gasteiger partial charge >= 0.3 is 0 Å². The Morgan fingerprint density at radius 1 is 1.30 bits per heavy atom. The minimum Gasteiger partial charge on any atom is -0.481 e. The molecule has 0 spiro atoms. The Labute approximate surface area is 120 Å². The van der Waals surface area contributed by atoms with E-state index >= 15 is 0 Å². The van der Waals surface area contributed by atoms with Gasteiger partial charge in [0.1, 0.15) is 0 Å². The van der Waals surface area contributed by atoms with E-state index in [-0.39, 0.29) is 0 Å². The smallest absolute Gasteiger partial charge is 0.228 e. The predicted molar refractivity (Wildman–Crippen MR) is 79.3 cm³/mol. The fourth-order valence-corrected chi connectivity index (χ4v) is 2.80. The van der Waals surface area contributed by atoms with Crippen LogP contribution in [-0.2, 0) is 0 Å². The second-order valence-electron chi connectivity index (χ2n) is 5.99. The molecule has 1 aromatic rings. The van der Waals surface area contributed by atoms with Gasteiger partial charge in [0.15, 0.2) is 0 Å². The Balaban J connectivity index is 1.77. The number of methoxy groups -OCH3 is 1. The molecule has 2 aliphatic rings. The number of hydrogen-bond donors (Lipinski definition) is 1. The monoisotopic (exact) mass is 276 g/mol. The summed E-state index contributed by atoms with van der Waals surface area (Å²) in [5.41, 5.74) is 0.965. The fourth-order valence-electron chi connectivity index (χ4n) is 2.80. The van der Waals surface area contributed by atoms with Gasteiger partial charge in [-0.2, -0.15) is 4.98 Å². The van der Waals surface area contributed by atoms with Crippen LogP contribution in [0.2, 0.25) is 0 Å². The van der Waals surface area contributed by atoms with Gasteiger partial charge in [0.25, 0.3) is 0 Å². The van der Waals surface area contributed by atoms with Gasteiger partial charge < -0.3 is 15.0 Å². The molecule has 20 heavy (non-hydrogen) atoms. The summed E-state index contributed by atoms with van der Waals surface area (Å²) in [6.45, 7) is 5.21. The van der Waals surface area contributed by atoms with Crippen molar-refractivity contribution in [2.45, 2.75) is 38.6 Å². The zero-order chi connectivity index (χ0) is 13.9. The second kappa shape index (κ2) is 5.95. The number of aromatic nitrogens is 2. The first-order valence-corrected chi connectivity index (χ1v) is 7.62. The lowest BCUT2D eigenvalue weighted by Crippen LogP contribution is -2.39. The van der Waals surface area contributed by atoms with Gasteiger partial charge in [0.05, 0.1) is 7.11 Å². The van der Waals surface area contributed by atoms with Gasteiger partial charge in [-0.15, -0.1) is 0 Å². The average Bonchev–Trinajstić information content (AvgIpc) is 3.11. The summed E-state index contributed by atoms with van der Waals surface area (Å²) < 4.78 is 5.28. The Morgan fingerprint density at radius 3 is 2.80 bits per heavy atom. The quantitative estimate of drug-likeness (QED) is 0.858. The van der Waals surface area contributed by atoms with Gasteiger partial charge in [0, 0.05) is 30.9 Å². The molecular weight excluding hydrogens is 252 g/mol. The third kappa shape index (κ3) is 3.39. The van der Waals surface area contributed by atoms with E-state index < -0.39 is 0 Å². The van der Waals surface area contributed by atoms with Gasteiger partial charge in [-0.25, -0.2) is 4.98 Å². The Hall–Kier alpha value is -1.36. The molecule has 0 aromatic carbocycles. The van der Waals surface area contributed by atoms with Crippen molar-refractivity contribution in [3.05, 3.63) is 11.8 Å². The van der Waals surface area contributed by atoms with Crippen LogP contribution >= 0.6 is 0 Å². The van der Waals surface area contributed by atoms with E-state index in [1.807, 2.05) is 13.0 Å². The number of nitrogens with one attached hydrogen (secondary N) is 1. The van der Waals surface area contributed by atoms with Crippen molar-refractivity contribution in [2.75, 3.05) is 31.6 Å². The number of ether oxygens (including phenoxy) is 1. The molecule has 2 fully saturated rings. The minimum atomic E-state index is 0.573. The number of hydrogen-bond acceptors (Lipinski definition) is 5. The summed E-state index contributed by atoms with van der Waals surface area (Å²) in [6, 6.07) is 2.45. The van der Waals surface area contributed by atoms with Crippen LogP contribution in [0.4, 0.5) is 5.95 Å². The highest BCUT2D eigenvalue weighted by atomic mass is 16.5. The largest absolute Gasteiger partial charge is 0.481 e. The van der Waals surface area contributed by atoms with Gasteiger partial charge in [0.2, 0.25) is 11.8 Å². The van der Waals surface area contributed by atoms with E-state index in [1.165, 1.54) is 25.7 Å². The second-order valence-corrected chi connectivity index (χ2v) is 5.99. The Morgan fingerprint density at radius 2 is 2.15 bits per heavy atom. The van der Waals surface area contributed by atoms with Crippen LogP contribution in [0.5, 0.6) is 5.88 Å². The molecule has 1 saturated heterocycles. The molecule has 1 aliphatic heterocycles. The van der Waals surface area contributed by atoms with E-state index in [2.05, 4.69) is 20.2 Å². The van der Waals surface area contributed by atoms with E-state index in [0.717, 1.165) is 37.2 Å². The lowest BCUT2D eigenvalue weighted by Gasteiger charge is -2.26. The molecular formula is C15H24N4O. The van der Waals surface area contributed by atoms with Gasteiger partial charge in [-0.05, 0) is 45.1 Å². The molecule has 1 N–H and O–H groups in total. The molecule has 1 saturated carbocycles. The lowest BCUT2D eigenvalue weighted by molar-refractivity contribution is 0.395. The maximum atomic E-state index is 5.28. The summed E-state index contributed by atoms with van der Waals surface area (Å²) >= 11 is 0. The number of nitrogens with zero attached hydrogens (tertiary/aromatic N) is 3. The normalized spacial score (nSPS) is 22.0. The van der Waals surface area contributed by atoms with E-state index in [9.17, 15) is 0 Å². The number of anilines is 1. The Kier molecular flexibility index (Phi) is 4.05. The van der Waals surface area contributed by atoms with E-state index in [4.69, 9.17) is 4.74 Å². The molecule has 1 aliphatic carbocycles. The minimum absolute atomic E-state index is 0.573. The summed E-state index contributed by atoms with van der Waals surface area (Å²) in [5, 5.41) is 3.57. The first-order chi connectivity index (χ1) is 9.74. The third-order valence-corrected chi connectivity index (χ3v) is 4.09. The molecule has 5 heteroatoms. The van der Waals surface area contributed by atoms with Crippen LogP contribution in [0.15, 0.2) is 6.07 Å². The van der Waals surface area contributed by atoms with Crippen molar-refractivity contribution in [1.29, 1.82) is 0 Å². The highest BCUT2D eigenvalue weighted by Gasteiger charge is 2.28. The first-order valence-electron chi connectivity index (χ1n) is 7.62. The molecule has 0 radical (unpaired) electrons. The summed E-state index contributed by atoms with van der Waals surface area (Å²) in [6.07, 6.45) is 5.22. The maximum Gasteiger partial charge on any atom is 0.228 e. The lowest BCUT2D eigenvalue weighted by atomic mass is 10.2. The van der Waals surface area contributed by atoms with Crippen molar-refractivity contribution < 1.29 is 4.74 Å². The molecule has 1 atom stereocenters. The predicted octanol–water partition coefficient (Wildman–Crippen LogP) is 1.76. The molecule has 3 rings (SSSR count). The summed E-state index contributed by atoms with van der Waals surface area (Å²) in [4.78, 5) is 11.5. The molecule has 5 nitrogen and oxygen atoms in total. The topological polar surface area (TPSA) is 50.3 Å². The van der Waals surface area contributed by atoms with Crippen LogP contribution in [0.3, 0.4) is 0 Å². The van der Waals surface area contributed by atoms with Crippen LogP contribution in [0, 0.1) is 12.8 Å². The highest BCUT2D eigenvalue weighted by Crippen LogP contribution is 2.31. The molecule has 2 heterocycles. The summed E-state index contributed by atoms with van der Waals surface area (Å²) in [5.74, 6) is 2.31. The van der Waals surface area contributed by atoms with E-state index in [0.29, 0.717) is 11.9 Å². The SMILES string of the molecule is COc1cc(C)nc(N(CC2CC2)CC2CCCN2)n1. The van der Waals surface area contributed by atoms with Crippen molar-refractivity contribution in [1.82, 2.24) is 15.3 Å². The van der Waals surface area contributed by atoms with Crippen LogP contribution in [-0.4, -0.2) is 42.8 Å². The van der Waals surface area contributed by atoms with Gasteiger partial charge in [-0.3, -0.25) is 0 Å². The van der Waals surface area contributed by atoms with Crippen molar-refractivity contribution in [2.24, 2.45) is 5.92 Å². The standard InChI is InChI=1S/C15H24N4O/c1-11-8-14(20-2)18-15(17-11)19(9-12-5-6-12)10-13-4-3-7-16-13/h8,12-13,16H,3-7,9-10H2,1-2H3. The maximum absolute atomic E-state index is 5.28. The molecule has 1 unspecified atom stereocenters. The molecule has 0 bridgehead atoms. The van der Waals surface area contributed by atoms with Crippen molar-refractivity contribution >= 4 is 5.95 Å². The molecule has 110 valence electrons. The van der Waals surface area contributed by atoms with E-state index in [1.54, 1.807) is 7.11 Å². The zero-order valence-corrected chi connectivity index (χ0v) is 12.4. The van der Waals surface area contributed by atoms with Gasteiger partial charge in [-0.1, -0.05) is 0 Å². The Bertz CT molecular complexity index is 455. The van der Waals surface area contributed by atoms with Crippen molar-refractivity contribution in [3.63, 3.8) is 0 Å². The van der Waals surface area contributed by atoms with Crippen molar-refractivity contribution in [3.8, 4) is 5.88 Å². The zero-order valence-electron chi connectivity index (χ0n) is 12.4. The van der Waals surface area contributed by atoms with Crippen LogP contribution in [0.25, 0.3) is 0 Å². The molecule has 1 aromatic heterocycles. The first kappa shape index (κ1) is 13.6. The highest BCUT2D eigenvalue weighted by molar-refractivity contribution is 5.35. The number of aryl methyl sites for hydroxylation is 1. The fraction of sp³-hybridized carbons (Fsp3) is 0.733. The molecule has 0 amide bonds. The average molecular weight is 276 g/mol. The van der Waals surface area contributed by atoms with Crippen LogP contribution < -0.4 is 15.0 Å².